The molecule has 1 aromatic carbocycles. The predicted molar refractivity (Wildman–Crippen MR) is 66.1 cm³/mol. The van der Waals surface area contributed by atoms with Gasteiger partial charge in [-0.25, -0.2) is 14.4 Å². The fourth-order valence-electron chi connectivity index (χ4n) is 1.82. The lowest BCUT2D eigenvalue weighted by Crippen LogP contribution is -2.11. The molecule has 2 rings (SSSR count). The Morgan fingerprint density at radius 2 is 1.67 bits per heavy atom. The highest BCUT2D eigenvalue weighted by molar-refractivity contribution is 6.07. The van der Waals surface area contributed by atoms with Crippen molar-refractivity contribution < 1.29 is 9.18 Å². The monoisotopic (exact) mass is 244 g/mol. The molecule has 4 heteroatoms. The zero-order chi connectivity index (χ0) is 13.3. The number of nitrogens with zero attached hydrogens (tertiary/aromatic N) is 2. The third-order valence-corrected chi connectivity index (χ3v) is 2.64. The number of rotatable bonds is 2. The number of carbonyl (C=O) groups is 1. The minimum absolute atomic E-state index is 0.0199. The van der Waals surface area contributed by atoms with Gasteiger partial charge in [0.05, 0.1) is 5.56 Å². The van der Waals surface area contributed by atoms with E-state index in [2.05, 4.69) is 9.97 Å². The van der Waals surface area contributed by atoms with Gasteiger partial charge in [0.25, 0.3) is 0 Å². The smallest absolute Gasteiger partial charge is 0.233 e. The van der Waals surface area contributed by atoms with Crippen molar-refractivity contribution in [3.05, 3.63) is 58.4 Å². The van der Waals surface area contributed by atoms with Gasteiger partial charge in [-0.15, -0.1) is 0 Å². The third kappa shape index (κ3) is 2.27. The number of ketones is 1. The van der Waals surface area contributed by atoms with Gasteiger partial charge in [0, 0.05) is 12.4 Å². The molecule has 0 saturated heterocycles. The average molecular weight is 244 g/mol. The van der Waals surface area contributed by atoms with E-state index in [-0.39, 0.29) is 11.4 Å². The summed E-state index contributed by atoms with van der Waals surface area (Å²) in [6.07, 6.45) is 3.09. The highest BCUT2D eigenvalue weighted by Crippen LogP contribution is 2.18. The summed E-state index contributed by atoms with van der Waals surface area (Å²) in [6.45, 7) is 5.32. The molecule has 0 bridgehead atoms. The maximum absolute atomic E-state index is 13.9. The summed E-state index contributed by atoms with van der Waals surface area (Å²) in [4.78, 5) is 20.0. The molecule has 0 N–H and O–H groups in total. The van der Waals surface area contributed by atoms with E-state index in [4.69, 9.17) is 0 Å². The summed E-state index contributed by atoms with van der Waals surface area (Å²) < 4.78 is 13.9. The average Bonchev–Trinajstić information content (AvgIpc) is 2.28. The summed E-state index contributed by atoms with van der Waals surface area (Å²) in [5.74, 6) is -0.988. The highest BCUT2D eigenvalue weighted by atomic mass is 19.1. The lowest BCUT2D eigenvalue weighted by molar-refractivity contribution is 0.102. The Bertz CT molecular complexity index is 583. The quantitative estimate of drug-likeness (QED) is 0.763. The maximum atomic E-state index is 13.9. The number of halogens is 1. The van der Waals surface area contributed by atoms with E-state index in [0.717, 1.165) is 11.1 Å². The summed E-state index contributed by atoms with van der Waals surface area (Å²) >= 11 is 0. The van der Waals surface area contributed by atoms with Crippen LogP contribution >= 0.6 is 0 Å². The number of hydrogen-bond donors (Lipinski definition) is 0. The van der Waals surface area contributed by atoms with Crippen LogP contribution in [-0.4, -0.2) is 15.8 Å². The lowest BCUT2D eigenvalue weighted by Gasteiger charge is -2.07. The van der Waals surface area contributed by atoms with Gasteiger partial charge in [-0.2, -0.15) is 0 Å². The zero-order valence-electron chi connectivity index (χ0n) is 10.5. The van der Waals surface area contributed by atoms with Crippen molar-refractivity contribution in [3.8, 4) is 0 Å². The normalized spacial score (nSPS) is 10.4. The van der Waals surface area contributed by atoms with E-state index < -0.39 is 11.6 Å². The Hall–Kier alpha value is -2.10. The number of benzene rings is 1. The number of aromatic nitrogens is 2. The summed E-state index contributed by atoms with van der Waals surface area (Å²) in [7, 11) is 0. The van der Waals surface area contributed by atoms with Gasteiger partial charge >= 0.3 is 0 Å². The first-order valence-electron chi connectivity index (χ1n) is 5.59. The molecule has 3 nitrogen and oxygen atoms in total. The topological polar surface area (TPSA) is 42.9 Å². The van der Waals surface area contributed by atoms with Gasteiger partial charge in [-0.3, -0.25) is 4.79 Å². The Morgan fingerprint density at radius 1 is 1.06 bits per heavy atom. The molecule has 0 spiro atoms. The molecule has 0 unspecified atom stereocenters. The van der Waals surface area contributed by atoms with Crippen LogP contribution < -0.4 is 0 Å². The second-order valence-corrected chi connectivity index (χ2v) is 4.35. The minimum Gasteiger partial charge on any atom is -0.285 e. The first kappa shape index (κ1) is 12.4. The van der Waals surface area contributed by atoms with Crippen LogP contribution in [0.25, 0.3) is 0 Å². The van der Waals surface area contributed by atoms with E-state index in [1.54, 1.807) is 32.3 Å². The predicted octanol–water partition coefficient (Wildman–Crippen LogP) is 2.77. The Labute approximate surface area is 105 Å². The van der Waals surface area contributed by atoms with Crippen molar-refractivity contribution in [1.29, 1.82) is 0 Å². The molecule has 92 valence electrons. The van der Waals surface area contributed by atoms with Crippen molar-refractivity contribution in [2.75, 3.05) is 0 Å². The maximum Gasteiger partial charge on any atom is 0.233 e. The summed E-state index contributed by atoms with van der Waals surface area (Å²) in [5, 5.41) is 0. The highest BCUT2D eigenvalue weighted by Gasteiger charge is 2.19. The molecule has 0 saturated carbocycles. The molecule has 2 aromatic rings. The van der Waals surface area contributed by atoms with Crippen LogP contribution in [0, 0.1) is 26.6 Å². The zero-order valence-corrected chi connectivity index (χ0v) is 10.5. The molecule has 0 radical (unpaired) electrons. The van der Waals surface area contributed by atoms with Gasteiger partial charge < -0.3 is 0 Å². The van der Waals surface area contributed by atoms with E-state index in [0.29, 0.717) is 5.56 Å². The van der Waals surface area contributed by atoms with E-state index in [9.17, 15) is 9.18 Å². The second-order valence-electron chi connectivity index (χ2n) is 4.35. The molecule has 18 heavy (non-hydrogen) atoms. The van der Waals surface area contributed by atoms with Gasteiger partial charge in [0.2, 0.25) is 11.6 Å². The number of carbonyl (C=O) groups excluding carboxylic acids is 1. The Balaban J connectivity index is 2.49. The first-order valence-corrected chi connectivity index (χ1v) is 5.59. The van der Waals surface area contributed by atoms with Crippen molar-refractivity contribution in [3.63, 3.8) is 0 Å². The number of hydrogen-bond acceptors (Lipinski definition) is 3. The molecular weight excluding hydrogens is 231 g/mol. The van der Waals surface area contributed by atoms with Gasteiger partial charge in [0.1, 0.15) is 5.82 Å². The molecule has 1 aromatic heterocycles. The summed E-state index contributed by atoms with van der Waals surface area (Å²) in [6, 6.07) is 3.11. The molecule has 0 aliphatic heterocycles. The van der Waals surface area contributed by atoms with Gasteiger partial charge in [-0.1, -0.05) is 6.07 Å². The minimum atomic E-state index is -0.526. The van der Waals surface area contributed by atoms with Crippen molar-refractivity contribution in [2.24, 2.45) is 0 Å². The first-order chi connectivity index (χ1) is 8.49. The van der Waals surface area contributed by atoms with Crippen LogP contribution in [0.3, 0.4) is 0 Å². The molecule has 0 aliphatic rings. The molecule has 0 atom stereocenters. The fraction of sp³-hybridized carbons (Fsp3) is 0.214. The van der Waals surface area contributed by atoms with Crippen LogP contribution in [0.1, 0.15) is 32.9 Å². The third-order valence-electron chi connectivity index (χ3n) is 2.64. The molecule has 1 heterocycles. The summed E-state index contributed by atoms with van der Waals surface area (Å²) in [5.41, 5.74) is 2.28. The van der Waals surface area contributed by atoms with Crippen LogP contribution in [0.15, 0.2) is 24.5 Å². The van der Waals surface area contributed by atoms with Gasteiger partial charge in [-0.05, 0) is 43.5 Å². The van der Waals surface area contributed by atoms with E-state index >= 15 is 0 Å². The largest absolute Gasteiger partial charge is 0.285 e. The Morgan fingerprint density at radius 3 is 2.22 bits per heavy atom. The Kier molecular flexibility index (Phi) is 3.19. The van der Waals surface area contributed by atoms with Crippen molar-refractivity contribution in [1.82, 2.24) is 9.97 Å². The van der Waals surface area contributed by atoms with Crippen molar-refractivity contribution in [2.45, 2.75) is 20.8 Å². The molecular formula is C14H13FN2O. The molecule has 0 aliphatic carbocycles. The van der Waals surface area contributed by atoms with E-state index in [1.807, 2.05) is 6.92 Å². The van der Waals surface area contributed by atoms with Crippen LogP contribution in [0.2, 0.25) is 0 Å². The standard InChI is InChI=1S/C14H13FN2O/c1-8-4-10(3)12(11(15)5-8)13(18)14-16-6-9(2)7-17-14/h4-7H,1-3H3. The van der Waals surface area contributed by atoms with Crippen LogP contribution in [0.4, 0.5) is 4.39 Å². The van der Waals surface area contributed by atoms with Crippen molar-refractivity contribution >= 4 is 5.78 Å². The molecule has 0 fully saturated rings. The number of aryl methyl sites for hydroxylation is 3. The lowest BCUT2D eigenvalue weighted by atomic mass is 10.0. The van der Waals surface area contributed by atoms with Crippen LogP contribution in [-0.2, 0) is 0 Å². The molecule has 0 amide bonds. The fourth-order valence-corrected chi connectivity index (χ4v) is 1.82. The SMILES string of the molecule is Cc1cnc(C(=O)c2c(C)cc(C)cc2F)nc1. The van der Waals surface area contributed by atoms with E-state index in [1.165, 1.54) is 6.07 Å². The second kappa shape index (κ2) is 4.64. The van der Waals surface area contributed by atoms with Gasteiger partial charge in [0.15, 0.2) is 0 Å². The van der Waals surface area contributed by atoms with Crippen LogP contribution in [0.5, 0.6) is 0 Å².